The van der Waals surface area contributed by atoms with Crippen molar-refractivity contribution < 1.29 is 22.8 Å². The van der Waals surface area contributed by atoms with Crippen molar-refractivity contribution in [2.45, 2.75) is 26.6 Å². The summed E-state index contributed by atoms with van der Waals surface area (Å²) in [5.74, 6) is -1.61. The first-order valence-electron chi connectivity index (χ1n) is 11.5. The molecule has 4 N–H and O–H groups in total. The highest BCUT2D eigenvalue weighted by molar-refractivity contribution is 7.21. The SMILES string of the molecule is CCn1ncc(-c2cc(C(F)(F)F)nc3sc(C(N)=O)c(NC(=O)c4cc(-c5ccc(Cl)cc5)n[nH]4)c23)c1C. The molecule has 39 heavy (non-hydrogen) atoms. The van der Waals surface area contributed by atoms with Crippen LogP contribution in [0.4, 0.5) is 18.9 Å². The molecule has 14 heteroatoms. The van der Waals surface area contributed by atoms with Crippen molar-refractivity contribution in [3.63, 3.8) is 0 Å². The minimum Gasteiger partial charge on any atom is -0.365 e. The van der Waals surface area contributed by atoms with Gasteiger partial charge in [-0.25, -0.2) is 4.98 Å². The zero-order chi connectivity index (χ0) is 28.1. The van der Waals surface area contributed by atoms with E-state index in [-0.39, 0.29) is 32.0 Å². The monoisotopic (exact) mass is 573 g/mol. The van der Waals surface area contributed by atoms with E-state index in [0.29, 0.717) is 45.4 Å². The molecule has 4 aromatic heterocycles. The highest BCUT2D eigenvalue weighted by atomic mass is 35.5. The molecular formula is C25H19ClF3N7O2S. The van der Waals surface area contributed by atoms with Gasteiger partial charge in [-0.2, -0.15) is 23.4 Å². The molecule has 0 saturated carbocycles. The summed E-state index contributed by atoms with van der Waals surface area (Å²) >= 11 is 6.60. The number of carbonyl (C=O) groups excluding carboxylic acids is 2. The number of fused-ring (bicyclic) bond motifs is 1. The van der Waals surface area contributed by atoms with Crippen LogP contribution in [0, 0.1) is 6.92 Å². The Hall–Kier alpha value is -4.23. The fourth-order valence-corrected chi connectivity index (χ4v) is 5.30. The van der Waals surface area contributed by atoms with Crippen LogP contribution in [0.5, 0.6) is 0 Å². The summed E-state index contributed by atoms with van der Waals surface area (Å²) in [4.78, 5) is 29.1. The number of nitrogens with two attached hydrogens (primary N) is 1. The van der Waals surface area contributed by atoms with E-state index in [1.54, 1.807) is 35.9 Å². The molecule has 0 aliphatic heterocycles. The normalized spacial score (nSPS) is 11.7. The highest BCUT2D eigenvalue weighted by Gasteiger charge is 2.35. The van der Waals surface area contributed by atoms with Gasteiger partial charge in [-0.05, 0) is 43.7 Å². The van der Waals surface area contributed by atoms with Gasteiger partial charge in [0.15, 0.2) is 0 Å². The molecule has 0 bridgehead atoms. The maximum atomic E-state index is 13.8. The van der Waals surface area contributed by atoms with Crippen LogP contribution in [0.3, 0.4) is 0 Å². The van der Waals surface area contributed by atoms with E-state index in [1.165, 1.54) is 12.3 Å². The van der Waals surface area contributed by atoms with Crippen molar-refractivity contribution in [1.29, 1.82) is 0 Å². The van der Waals surface area contributed by atoms with Crippen molar-refractivity contribution in [3.8, 4) is 22.4 Å². The van der Waals surface area contributed by atoms with Crippen LogP contribution in [0.2, 0.25) is 5.02 Å². The maximum Gasteiger partial charge on any atom is 0.433 e. The molecular weight excluding hydrogens is 555 g/mol. The number of H-pyrrole nitrogens is 1. The zero-order valence-corrected chi connectivity index (χ0v) is 21.9. The molecule has 2 amide bonds. The topological polar surface area (TPSA) is 132 Å². The van der Waals surface area contributed by atoms with E-state index < -0.39 is 23.7 Å². The first kappa shape index (κ1) is 26.4. The summed E-state index contributed by atoms with van der Waals surface area (Å²) in [7, 11) is 0. The molecule has 0 unspecified atom stereocenters. The third kappa shape index (κ3) is 4.86. The lowest BCUT2D eigenvalue weighted by Gasteiger charge is -2.12. The Morgan fingerprint density at radius 2 is 1.90 bits per heavy atom. The summed E-state index contributed by atoms with van der Waals surface area (Å²) < 4.78 is 43.0. The summed E-state index contributed by atoms with van der Waals surface area (Å²) in [6.45, 7) is 4.05. The number of nitrogens with zero attached hydrogens (tertiary/aromatic N) is 4. The molecule has 1 aromatic carbocycles. The molecule has 4 heterocycles. The van der Waals surface area contributed by atoms with Crippen LogP contribution in [0.1, 0.15) is 38.5 Å². The molecule has 0 spiro atoms. The third-order valence-corrected chi connectivity index (χ3v) is 7.42. The number of alkyl halides is 3. The molecule has 0 aliphatic carbocycles. The Labute approximate surface area is 227 Å². The zero-order valence-electron chi connectivity index (χ0n) is 20.4. The molecule has 9 nitrogen and oxygen atoms in total. The lowest BCUT2D eigenvalue weighted by atomic mass is 10.0. The number of rotatable bonds is 6. The summed E-state index contributed by atoms with van der Waals surface area (Å²) in [5.41, 5.74) is 6.69. The van der Waals surface area contributed by atoms with Gasteiger partial charge >= 0.3 is 6.18 Å². The highest BCUT2D eigenvalue weighted by Crippen LogP contribution is 2.44. The van der Waals surface area contributed by atoms with Crippen LogP contribution in [-0.4, -0.2) is 36.8 Å². The van der Waals surface area contributed by atoms with Crippen LogP contribution < -0.4 is 11.1 Å². The molecule has 0 fully saturated rings. The Bertz CT molecular complexity index is 1740. The quantitative estimate of drug-likeness (QED) is 0.233. The predicted octanol–water partition coefficient (Wildman–Crippen LogP) is 5.90. The number of carbonyl (C=O) groups is 2. The Kier molecular flexibility index (Phi) is 6.64. The van der Waals surface area contributed by atoms with Crippen molar-refractivity contribution in [1.82, 2.24) is 25.0 Å². The van der Waals surface area contributed by atoms with Crippen LogP contribution in [0.15, 0.2) is 42.6 Å². The third-order valence-electron chi connectivity index (χ3n) is 6.07. The number of aromatic nitrogens is 5. The smallest absolute Gasteiger partial charge is 0.365 e. The number of aryl methyl sites for hydroxylation is 1. The molecule has 0 atom stereocenters. The lowest BCUT2D eigenvalue weighted by molar-refractivity contribution is -0.140. The van der Waals surface area contributed by atoms with Crippen LogP contribution >= 0.6 is 22.9 Å². The Morgan fingerprint density at radius 3 is 2.51 bits per heavy atom. The summed E-state index contributed by atoms with van der Waals surface area (Å²) in [6.07, 6.45) is -3.32. The van der Waals surface area contributed by atoms with Crippen molar-refractivity contribution in [2.75, 3.05) is 5.32 Å². The van der Waals surface area contributed by atoms with Gasteiger partial charge < -0.3 is 11.1 Å². The van der Waals surface area contributed by atoms with E-state index >= 15 is 0 Å². The molecule has 5 aromatic rings. The minimum absolute atomic E-state index is 0.0463. The number of hydrogen-bond donors (Lipinski definition) is 3. The van der Waals surface area contributed by atoms with E-state index in [0.717, 1.165) is 6.07 Å². The maximum absolute atomic E-state index is 13.8. The number of pyridine rings is 1. The fraction of sp³-hybridized carbons (Fsp3) is 0.160. The number of hydrogen-bond acceptors (Lipinski definition) is 6. The van der Waals surface area contributed by atoms with E-state index in [9.17, 15) is 22.8 Å². The number of thiophene rings is 1. The van der Waals surface area contributed by atoms with Gasteiger partial charge in [0, 0.05) is 33.8 Å². The molecule has 200 valence electrons. The second kappa shape index (κ2) is 9.82. The second-order valence-corrected chi connectivity index (χ2v) is 9.93. The standard InChI is InChI=1S/C25H19ClF3N7O2S/c1-3-36-11(2)15(10-31-36)14-8-18(25(27,28)29)32-24-19(14)20(21(39-24)22(30)37)33-23(38)17-9-16(34-35-17)12-4-6-13(26)7-5-12/h4-10H,3H2,1-2H3,(H2,30,37)(H,33,38)(H,34,35). The summed E-state index contributed by atoms with van der Waals surface area (Å²) in [5, 5.41) is 14.4. The largest absolute Gasteiger partial charge is 0.433 e. The number of benzene rings is 1. The van der Waals surface area contributed by atoms with E-state index in [1.807, 2.05) is 6.92 Å². The number of primary amides is 1. The van der Waals surface area contributed by atoms with Crippen molar-refractivity contribution in [2.24, 2.45) is 5.73 Å². The van der Waals surface area contributed by atoms with Gasteiger partial charge in [-0.3, -0.25) is 19.4 Å². The number of halogens is 4. The molecule has 0 radical (unpaired) electrons. The van der Waals surface area contributed by atoms with E-state index in [2.05, 4.69) is 25.6 Å². The number of aromatic amines is 1. The number of anilines is 1. The van der Waals surface area contributed by atoms with Crippen molar-refractivity contribution >= 4 is 50.7 Å². The first-order valence-corrected chi connectivity index (χ1v) is 12.7. The molecule has 5 rings (SSSR count). The lowest BCUT2D eigenvalue weighted by Crippen LogP contribution is -2.17. The Balaban J connectivity index is 1.65. The summed E-state index contributed by atoms with van der Waals surface area (Å²) in [6, 6.07) is 9.18. The number of nitrogens with one attached hydrogen (secondary N) is 2. The van der Waals surface area contributed by atoms with Crippen molar-refractivity contribution in [3.05, 3.63) is 69.6 Å². The Morgan fingerprint density at radius 1 is 1.18 bits per heavy atom. The molecule has 0 saturated heterocycles. The minimum atomic E-state index is -4.76. The fourth-order valence-electron chi connectivity index (χ4n) is 4.17. The first-order chi connectivity index (χ1) is 18.5. The van der Waals surface area contributed by atoms with Gasteiger partial charge in [-0.1, -0.05) is 23.7 Å². The predicted molar refractivity (Wildman–Crippen MR) is 142 cm³/mol. The van der Waals surface area contributed by atoms with Gasteiger partial charge in [-0.15, -0.1) is 11.3 Å². The molecule has 0 aliphatic rings. The average molecular weight is 574 g/mol. The van der Waals surface area contributed by atoms with Crippen LogP contribution in [0.25, 0.3) is 32.6 Å². The van der Waals surface area contributed by atoms with E-state index in [4.69, 9.17) is 17.3 Å². The average Bonchev–Trinajstić information content (AvgIpc) is 3.61. The van der Waals surface area contributed by atoms with Gasteiger partial charge in [0.2, 0.25) is 0 Å². The van der Waals surface area contributed by atoms with Gasteiger partial charge in [0.1, 0.15) is 21.1 Å². The second-order valence-electron chi connectivity index (χ2n) is 8.49. The van der Waals surface area contributed by atoms with Gasteiger partial charge in [0.25, 0.3) is 11.8 Å². The van der Waals surface area contributed by atoms with Gasteiger partial charge in [0.05, 0.1) is 17.6 Å². The van der Waals surface area contributed by atoms with Crippen LogP contribution in [-0.2, 0) is 12.7 Å². The number of amides is 2.